The number of carbonyl (C=O) groups is 1. The molecule has 1 atom stereocenters. The van der Waals surface area contributed by atoms with Crippen molar-refractivity contribution in [1.29, 1.82) is 0 Å². The topological polar surface area (TPSA) is 76.8 Å². The third-order valence-electron chi connectivity index (χ3n) is 7.21. The number of urea groups is 1. The third-order valence-corrected chi connectivity index (χ3v) is 7.51. The van der Waals surface area contributed by atoms with Crippen molar-refractivity contribution < 1.29 is 18.8 Å². The Kier molecular flexibility index (Phi) is 6.71. The number of ether oxygens (including phenoxy) is 2. The zero-order valence-corrected chi connectivity index (χ0v) is 20.8. The van der Waals surface area contributed by atoms with Crippen LogP contribution in [0.1, 0.15) is 47.6 Å². The Balaban J connectivity index is 1.15. The fourth-order valence-corrected chi connectivity index (χ4v) is 5.10. The van der Waals surface area contributed by atoms with Gasteiger partial charge in [-0.3, -0.25) is 5.32 Å². The SMILES string of the molecule is Cc1noc(NC(=O)N2CCC3(CC2)CC(c2ccc(OCc4ccccc4)c(Cl)c2)CO3)c1C. The molecular weight excluding hydrogens is 466 g/mol. The number of benzene rings is 2. The molecule has 2 amide bonds. The Labute approximate surface area is 210 Å². The molecule has 0 bridgehead atoms. The van der Waals surface area contributed by atoms with Gasteiger partial charge in [-0.15, -0.1) is 0 Å². The summed E-state index contributed by atoms with van der Waals surface area (Å²) in [6.07, 6.45) is 2.53. The lowest BCUT2D eigenvalue weighted by Crippen LogP contribution is -2.47. The van der Waals surface area contributed by atoms with Crippen molar-refractivity contribution in [3.8, 4) is 5.75 Å². The van der Waals surface area contributed by atoms with Gasteiger partial charge in [-0.05, 0) is 56.4 Å². The highest BCUT2D eigenvalue weighted by atomic mass is 35.5. The van der Waals surface area contributed by atoms with E-state index in [2.05, 4.69) is 16.5 Å². The number of anilines is 1. The molecule has 2 aromatic carbocycles. The normalized spacial score (nSPS) is 19.2. The van der Waals surface area contributed by atoms with Crippen LogP contribution in [-0.4, -0.2) is 41.4 Å². The highest BCUT2D eigenvalue weighted by Crippen LogP contribution is 2.44. The van der Waals surface area contributed by atoms with Crippen LogP contribution in [0.4, 0.5) is 10.7 Å². The fourth-order valence-electron chi connectivity index (χ4n) is 4.86. The van der Waals surface area contributed by atoms with Crippen LogP contribution in [0.5, 0.6) is 5.75 Å². The number of hydrogen-bond acceptors (Lipinski definition) is 5. The maximum absolute atomic E-state index is 12.7. The number of aromatic nitrogens is 1. The van der Waals surface area contributed by atoms with E-state index in [1.807, 2.05) is 61.2 Å². The van der Waals surface area contributed by atoms with E-state index in [1.165, 1.54) is 0 Å². The molecule has 5 rings (SSSR count). The van der Waals surface area contributed by atoms with Crippen LogP contribution >= 0.6 is 11.6 Å². The second-order valence-electron chi connectivity index (χ2n) is 9.50. The summed E-state index contributed by atoms with van der Waals surface area (Å²) >= 11 is 6.56. The molecule has 35 heavy (non-hydrogen) atoms. The predicted molar refractivity (Wildman–Crippen MR) is 134 cm³/mol. The number of nitrogens with one attached hydrogen (secondary N) is 1. The van der Waals surface area contributed by atoms with Crippen molar-refractivity contribution in [3.05, 3.63) is 75.9 Å². The predicted octanol–water partition coefficient (Wildman–Crippen LogP) is 6.09. The lowest BCUT2D eigenvalue weighted by atomic mass is 9.83. The molecule has 0 aliphatic carbocycles. The molecule has 8 heteroatoms. The van der Waals surface area contributed by atoms with Crippen molar-refractivity contribution in [3.63, 3.8) is 0 Å². The summed E-state index contributed by atoms with van der Waals surface area (Å²) in [6, 6.07) is 15.9. The molecule has 1 unspecified atom stereocenters. The van der Waals surface area contributed by atoms with Gasteiger partial charge in [0.15, 0.2) is 0 Å². The summed E-state index contributed by atoms with van der Waals surface area (Å²) in [4.78, 5) is 14.5. The minimum atomic E-state index is -0.199. The molecule has 7 nitrogen and oxygen atoms in total. The van der Waals surface area contributed by atoms with Crippen LogP contribution in [0.25, 0.3) is 0 Å². The second kappa shape index (κ2) is 9.91. The molecule has 0 radical (unpaired) electrons. The van der Waals surface area contributed by atoms with Gasteiger partial charge < -0.3 is 18.9 Å². The van der Waals surface area contributed by atoms with E-state index in [1.54, 1.807) is 0 Å². The van der Waals surface area contributed by atoms with Gasteiger partial charge in [0.05, 0.1) is 22.9 Å². The number of likely N-dealkylation sites (tertiary alicyclic amines) is 1. The van der Waals surface area contributed by atoms with Crippen LogP contribution in [-0.2, 0) is 11.3 Å². The number of hydrogen-bond donors (Lipinski definition) is 1. The zero-order chi connectivity index (χ0) is 24.4. The number of piperidine rings is 1. The molecule has 3 heterocycles. The summed E-state index contributed by atoms with van der Waals surface area (Å²) in [5.41, 5.74) is 3.69. The highest BCUT2D eigenvalue weighted by molar-refractivity contribution is 6.32. The van der Waals surface area contributed by atoms with Gasteiger partial charge in [-0.1, -0.05) is 53.2 Å². The van der Waals surface area contributed by atoms with Gasteiger partial charge in [0, 0.05) is 24.6 Å². The molecular formula is C27H30ClN3O4. The second-order valence-corrected chi connectivity index (χ2v) is 9.91. The third kappa shape index (κ3) is 5.16. The van der Waals surface area contributed by atoms with Gasteiger partial charge in [0.2, 0.25) is 5.88 Å². The van der Waals surface area contributed by atoms with Crippen LogP contribution < -0.4 is 10.1 Å². The Morgan fingerprint density at radius 2 is 1.97 bits per heavy atom. The van der Waals surface area contributed by atoms with Gasteiger partial charge in [-0.2, -0.15) is 0 Å². The first-order valence-electron chi connectivity index (χ1n) is 12.0. The number of amides is 2. The molecule has 1 aromatic heterocycles. The van der Waals surface area contributed by atoms with Gasteiger partial charge in [0.25, 0.3) is 0 Å². The van der Waals surface area contributed by atoms with E-state index >= 15 is 0 Å². The number of rotatable bonds is 5. The fraction of sp³-hybridized carbons (Fsp3) is 0.407. The average Bonchev–Trinajstić information content (AvgIpc) is 3.43. The highest BCUT2D eigenvalue weighted by Gasteiger charge is 2.44. The Hall–Kier alpha value is -3.03. The molecule has 3 aromatic rings. The van der Waals surface area contributed by atoms with E-state index in [0.717, 1.165) is 41.6 Å². The number of carbonyl (C=O) groups excluding carboxylic acids is 1. The molecule has 184 valence electrons. The standard InChI is InChI=1S/C27H30ClN3O4/c1-18-19(2)30-35-25(18)29-26(32)31-12-10-27(11-13-31)15-22(17-34-27)21-8-9-24(23(28)14-21)33-16-20-6-4-3-5-7-20/h3-9,14,22H,10-13,15-17H2,1-2H3,(H,29,32). The lowest BCUT2D eigenvalue weighted by Gasteiger charge is -2.38. The quantitative estimate of drug-likeness (QED) is 0.463. The Bertz CT molecular complexity index is 1190. The monoisotopic (exact) mass is 495 g/mol. The van der Waals surface area contributed by atoms with E-state index in [4.69, 9.17) is 25.6 Å². The van der Waals surface area contributed by atoms with Crippen LogP contribution in [0.2, 0.25) is 5.02 Å². The molecule has 2 saturated heterocycles. The summed E-state index contributed by atoms with van der Waals surface area (Å²) in [5, 5.41) is 7.35. The largest absolute Gasteiger partial charge is 0.487 e. The summed E-state index contributed by atoms with van der Waals surface area (Å²) < 4.78 is 17.5. The van der Waals surface area contributed by atoms with Gasteiger partial charge in [0.1, 0.15) is 12.4 Å². The average molecular weight is 496 g/mol. The number of aryl methyl sites for hydroxylation is 1. The van der Waals surface area contributed by atoms with Crippen molar-refractivity contribution in [2.45, 2.75) is 51.2 Å². The minimum Gasteiger partial charge on any atom is -0.487 e. The first kappa shape index (κ1) is 23.7. The first-order valence-corrected chi connectivity index (χ1v) is 12.4. The van der Waals surface area contributed by atoms with Crippen LogP contribution in [0, 0.1) is 13.8 Å². The lowest BCUT2D eigenvalue weighted by molar-refractivity contribution is -0.0355. The smallest absolute Gasteiger partial charge is 0.324 e. The molecule has 2 aliphatic heterocycles. The van der Waals surface area contributed by atoms with Crippen molar-refractivity contribution in [1.82, 2.24) is 10.1 Å². The van der Waals surface area contributed by atoms with E-state index < -0.39 is 0 Å². The Morgan fingerprint density at radius 3 is 2.66 bits per heavy atom. The van der Waals surface area contributed by atoms with Crippen LogP contribution in [0.15, 0.2) is 53.1 Å². The van der Waals surface area contributed by atoms with E-state index in [9.17, 15) is 4.79 Å². The van der Waals surface area contributed by atoms with E-state index in [0.29, 0.717) is 43.0 Å². The van der Waals surface area contributed by atoms with Crippen molar-refractivity contribution in [2.75, 3.05) is 25.0 Å². The zero-order valence-electron chi connectivity index (χ0n) is 20.1. The minimum absolute atomic E-state index is 0.161. The molecule has 2 fully saturated rings. The Morgan fingerprint density at radius 1 is 1.20 bits per heavy atom. The maximum atomic E-state index is 12.7. The number of nitrogens with zero attached hydrogens (tertiary/aromatic N) is 2. The van der Waals surface area contributed by atoms with Gasteiger partial charge in [-0.25, -0.2) is 4.79 Å². The maximum Gasteiger partial charge on any atom is 0.324 e. The summed E-state index contributed by atoms with van der Waals surface area (Å²) in [7, 11) is 0. The number of halogens is 1. The molecule has 0 saturated carbocycles. The van der Waals surface area contributed by atoms with Crippen molar-refractivity contribution in [2.24, 2.45) is 0 Å². The van der Waals surface area contributed by atoms with Crippen molar-refractivity contribution >= 4 is 23.5 Å². The van der Waals surface area contributed by atoms with E-state index in [-0.39, 0.29) is 17.6 Å². The molecule has 2 aliphatic rings. The first-order chi connectivity index (χ1) is 16.9. The summed E-state index contributed by atoms with van der Waals surface area (Å²) in [6.45, 7) is 6.15. The van der Waals surface area contributed by atoms with Gasteiger partial charge >= 0.3 is 6.03 Å². The van der Waals surface area contributed by atoms with Crippen LogP contribution in [0.3, 0.4) is 0 Å². The molecule has 1 N–H and O–H groups in total. The summed E-state index contributed by atoms with van der Waals surface area (Å²) in [5.74, 6) is 1.37. The molecule has 1 spiro atoms.